The number of phenols is 1. The van der Waals surface area contributed by atoms with Crippen molar-refractivity contribution in [2.45, 2.75) is 32.9 Å². The topological polar surface area (TPSA) is 32.3 Å². The molecular formula is C13H21NOS. The van der Waals surface area contributed by atoms with Crippen molar-refractivity contribution >= 4 is 11.8 Å². The van der Waals surface area contributed by atoms with Crippen LogP contribution in [0.15, 0.2) is 18.2 Å². The van der Waals surface area contributed by atoms with E-state index < -0.39 is 0 Å². The van der Waals surface area contributed by atoms with Crippen LogP contribution in [0.4, 0.5) is 0 Å². The van der Waals surface area contributed by atoms with Crippen LogP contribution in [0.3, 0.4) is 0 Å². The molecule has 2 nitrogen and oxygen atoms in total. The SMILES string of the molecule is CSCCC(C)NCc1cccc(C)c1O. The number of hydrogen-bond acceptors (Lipinski definition) is 3. The molecule has 1 aromatic rings. The van der Waals surface area contributed by atoms with E-state index >= 15 is 0 Å². The van der Waals surface area contributed by atoms with Gasteiger partial charge in [-0.1, -0.05) is 18.2 Å². The van der Waals surface area contributed by atoms with E-state index in [0.717, 1.165) is 24.1 Å². The number of para-hydroxylation sites is 1. The lowest BCUT2D eigenvalue weighted by molar-refractivity contribution is 0.454. The zero-order valence-electron chi connectivity index (χ0n) is 10.3. The molecule has 1 unspecified atom stereocenters. The number of phenolic OH excluding ortho intramolecular Hbond substituents is 1. The fraction of sp³-hybridized carbons (Fsp3) is 0.538. The van der Waals surface area contributed by atoms with Crippen LogP contribution >= 0.6 is 11.8 Å². The number of rotatable bonds is 6. The minimum absolute atomic E-state index is 0.423. The Morgan fingerprint density at radius 3 is 2.88 bits per heavy atom. The van der Waals surface area contributed by atoms with Crippen LogP contribution < -0.4 is 5.32 Å². The Balaban J connectivity index is 2.45. The van der Waals surface area contributed by atoms with E-state index in [1.807, 2.05) is 36.9 Å². The third kappa shape index (κ3) is 4.06. The third-order valence-electron chi connectivity index (χ3n) is 2.72. The highest BCUT2D eigenvalue weighted by Gasteiger charge is 2.05. The van der Waals surface area contributed by atoms with Gasteiger partial charge < -0.3 is 10.4 Å². The van der Waals surface area contributed by atoms with Gasteiger partial charge in [-0.2, -0.15) is 11.8 Å². The van der Waals surface area contributed by atoms with Gasteiger partial charge in [-0.05, 0) is 37.8 Å². The first kappa shape index (κ1) is 13.4. The van der Waals surface area contributed by atoms with Crippen LogP contribution in [0.1, 0.15) is 24.5 Å². The monoisotopic (exact) mass is 239 g/mol. The molecule has 2 N–H and O–H groups in total. The lowest BCUT2D eigenvalue weighted by Crippen LogP contribution is -2.26. The first-order chi connectivity index (χ1) is 7.65. The van der Waals surface area contributed by atoms with Crippen molar-refractivity contribution in [2.75, 3.05) is 12.0 Å². The van der Waals surface area contributed by atoms with Gasteiger partial charge in [0.1, 0.15) is 5.75 Å². The van der Waals surface area contributed by atoms with Gasteiger partial charge in [0.05, 0.1) is 0 Å². The lowest BCUT2D eigenvalue weighted by atomic mass is 10.1. The molecule has 0 saturated heterocycles. The Bertz CT molecular complexity index is 328. The summed E-state index contributed by atoms with van der Waals surface area (Å²) in [5.41, 5.74) is 1.92. The van der Waals surface area contributed by atoms with Crippen LogP contribution in [0, 0.1) is 6.92 Å². The third-order valence-corrected chi connectivity index (χ3v) is 3.36. The highest BCUT2D eigenvalue weighted by molar-refractivity contribution is 7.98. The molecule has 0 aliphatic heterocycles. The van der Waals surface area contributed by atoms with Gasteiger partial charge in [0, 0.05) is 18.2 Å². The van der Waals surface area contributed by atoms with Crippen LogP contribution in [0.2, 0.25) is 0 Å². The molecule has 0 fully saturated rings. The first-order valence-electron chi connectivity index (χ1n) is 5.65. The van der Waals surface area contributed by atoms with Gasteiger partial charge in [0.2, 0.25) is 0 Å². The van der Waals surface area contributed by atoms with Crippen LogP contribution in [-0.4, -0.2) is 23.2 Å². The second kappa shape index (κ2) is 6.81. The second-order valence-corrected chi connectivity index (χ2v) is 5.13. The average molecular weight is 239 g/mol. The largest absolute Gasteiger partial charge is 0.507 e. The van der Waals surface area contributed by atoms with E-state index in [9.17, 15) is 5.11 Å². The predicted octanol–water partition coefficient (Wildman–Crippen LogP) is 2.93. The van der Waals surface area contributed by atoms with Crippen molar-refractivity contribution in [3.63, 3.8) is 0 Å². The number of nitrogens with one attached hydrogen (secondary N) is 1. The number of aromatic hydroxyl groups is 1. The molecule has 1 rings (SSSR count). The number of thioether (sulfide) groups is 1. The maximum absolute atomic E-state index is 9.84. The Morgan fingerprint density at radius 2 is 2.19 bits per heavy atom. The predicted molar refractivity (Wildman–Crippen MR) is 72.1 cm³/mol. The fourth-order valence-electron chi connectivity index (χ4n) is 1.54. The summed E-state index contributed by atoms with van der Waals surface area (Å²) in [7, 11) is 0. The van der Waals surface area contributed by atoms with Gasteiger partial charge in [0.25, 0.3) is 0 Å². The van der Waals surface area contributed by atoms with E-state index in [1.165, 1.54) is 5.75 Å². The second-order valence-electron chi connectivity index (χ2n) is 4.15. The molecule has 1 aromatic carbocycles. The first-order valence-corrected chi connectivity index (χ1v) is 7.04. The van der Waals surface area contributed by atoms with E-state index in [2.05, 4.69) is 18.5 Å². The van der Waals surface area contributed by atoms with Gasteiger partial charge >= 0.3 is 0 Å². The summed E-state index contributed by atoms with van der Waals surface area (Å²) in [4.78, 5) is 0. The Morgan fingerprint density at radius 1 is 1.44 bits per heavy atom. The molecule has 0 heterocycles. The number of hydrogen-bond donors (Lipinski definition) is 2. The van der Waals surface area contributed by atoms with Crippen LogP contribution in [-0.2, 0) is 6.54 Å². The molecule has 90 valence electrons. The summed E-state index contributed by atoms with van der Waals surface area (Å²) in [6.07, 6.45) is 3.28. The summed E-state index contributed by atoms with van der Waals surface area (Å²) in [5.74, 6) is 1.60. The van der Waals surface area contributed by atoms with Crippen molar-refractivity contribution in [3.05, 3.63) is 29.3 Å². The molecule has 16 heavy (non-hydrogen) atoms. The van der Waals surface area contributed by atoms with Crippen molar-refractivity contribution in [3.8, 4) is 5.75 Å². The van der Waals surface area contributed by atoms with Crippen molar-refractivity contribution in [1.82, 2.24) is 5.32 Å². The highest BCUT2D eigenvalue weighted by atomic mass is 32.2. The molecule has 0 aliphatic carbocycles. The minimum Gasteiger partial charge on any atom is -0.507 e. The molecule has 1 atom stereocenters. The number of benzene rings is 1. The summed E-state index contributed by atoms with van der Waals surface area (Å²) < 4.78 is 0. The Hall–Kier alpha value is -0.670. The molecule has 0 bridgehead atoms. The Kier molecular flexibility index (Phi) is 5.71. The van der Waals surface area contributed by atoms with Gasteiger partial charge in [-0.15, -0.1) is 0 Å². The van der Waals surface area contributed by atoms with Gasteiger partial charge in [0.15, 0.2) is 0 Å². The fourth-order valence-corrected chi connectivity index (χ4v) is 2.13. The van der Waals surface area contributed by atoms with E-state index in [4.69, 9.17) is 0 Å². The van der Waals surface area contributed by atoms with Crippen molar-refractivity contribution in [2.24, 2.45) is 0 Å². The minimum atomic E-state index is 0.423. The van der Waals surface area contributed by atoms with Gasteiger partial charge in [-0.25, -0.2) is 0 Å². The highest BCUT2D eigenvalue weighted by Crippen LogP contribution is 2.21. The summed E-state index contributed by atoms with van der Waals surface area (Å²) >= 11 is 1.87. The molecule has 0 amide bonds. The van der Waals surface area contributed by atoms with Gasteiger partial charge in [-0.3, -0.25) is 0 Å². The lowest BCUT2D eigenvalue weighted by Gasteiger charge is -2.14. The molecule has 0 spiro atoms. The van der Waals surface area contributed by atoms with Crippen molar-refractivity contribution < 1.29 is 5.11 Å². The molecule has 0 aromatic heterocycles. The van der Waals surface area contributed by atoms with Crippen LogP contribution in [0.25, 0.3) is 0 Å². The zero-order valence-corrected chi connectivity index (χ0v) is 11.1. The molecule has 3 heteroatoms. The van der Waals surface area contributed by atoms with E-state index in [1.54, 1.807) is 0 Å². The summed E-state index contributed by atoms with van der Waals surface area (Å²) in [5, 5.41) is 13.3. The van der Waals surface area contributed by atoms with E-state index in [0.29, 0.717) is 11.8 Å². The quantitative estimate of drug-likeness (QED) is 0.800. The summed E-state index contributed by atoms with van der Waals surface area (Å²) in [6.45, 7) is 4.85. The molecule has 0 aliphatic rings. The Labute approximate surface area is 102 Å². The molecule has 0 saturated carbocycles. The van der Waals surface area contributed by atoms with Crippen LogP contribution in [0.5, 0.6) is 5.75 Å². The van der Waals surface area contributed by atoms with E-state index in [-0.39, 0.29) is 0 Å². The zero-order chi connectivity index (χ0) is 12.0. The maximum atomic E-state index is 9.84. The smallest absolute Gasteiger partial charge is 0.122 e. The van der Waals surface area contributed by atoms with Crippen molar-refractivity contribution in [1.29, 1.82) is 0 Å². The molecular weight excluding hydrogens is 218 g/mol. The number of aryl methyl sites for hydroxylation is 1. The average Bonchev–Trinajstić information content (AvgIpc) is 2.28. The normalized spacial score (nSPS) is 12.7. The summed E-state index contributed by atoms with van der Waals surface area (Å²) in [6, 6.07) is 6.37. The standard InChI is InChI=1S/C13H21NOS/c1-10-5-4-6-12(13(10)15)9-14-11(2)7-8-16-3/h4-6,11,14-15H,7-9H2,1-3H3. The molecule has 0 radical (unpaired) electrons. The maximum Gasteiger partial charge on any atom is 0.122 e.